The fourth-order valence-electron chi connectivity index (χ4n) is 2.39. The van der Waals surface area contributed by atoms with Crippen molar-refractivity contribution in [2.45, 2.75) is 45.6 Å². The van der Waals surface area contributed by atoms with Gasteiger partial charge in [0.15, 0.2) is 0 Å². The molecule has 2 aromatic rings. The van der Waals surface area contributed by atoms with Crippen LogP contribution in [0.1, 0.15) is 43.2 Å². The number of unbranched alkanes of at least 4 members (excludes halogenated alkanes) is 1. The van der Waals surface area contributed by atoms with Gasteiger partial charge in [-0.2, -0.15) is 0 Å². The number of imidazole rings is 1. The van der Waals surface area contributed by atoms with Gasteiger partial charge in [0.25, 0.3) is 0 Å². The quantitative estimate of drug-likeness (QED) is 0.743. The molecular weight excluding hydrogens is 220 g/mol. The zero-order chi connectivity index (χ0) is 12.8. The van der Waals surface area contributed by atoms with Gasteiger partial charge in [-0.25, -0.2) is 4.98 Å². The molecule has 0 N–H and O–H groups in total. The lowest BCUT2D eigenvalue weighted by Crippen LogP contribution is -2.08. The Kier molecular flexibility index (Phi) is 4.57. The molecule has 1 aromatic carbocycles. The molecule has 2 nitrogen and oxygen atoms in total. The molecule has 1 heterocycles. The van der Waals surface area contributed by atoms with Gasteiger partial charge >= 0.3 is 0 Å². The lowest BCUT2D eigenvalue weighted by Gasteiger charge is -2.18. The summed E-state index contributed by atoms with van der Waals surface area (Å²) in [6.07, 6.45) is 9.61. The zero-order valence-electron chi connectivity index (χ0n) is 11.3. The number of hydrogen-bond acceptors (Lipinski definition) is 1. The van der Waals surface area contributed by atoms with Crippen LogP contribution in [0, 0.1) is 6.92 Å². The molecule has 0 aliphatic carbocycles. The summed E-state index contributed by atoms with van der Waals surface area (Å²) in [5, 5.41) is 0. The molecule has 0 amide bonds. The van der Waals surface area contributed by atoms with E-state index in [2.05, 4.69) is 53.9 Å². The van der Waals surface area contributed by atoms with Crippen LogP contribution in [0.2, 0.25) is 0 Å². The SMILES string of the molecule is CCCCC(Cn1ccnc1)c1cccc(C)c1. The van der Waals surface area contributed by atoms with E-state index in [0.717, 1.165) is 6.54 Å². The summed E-state index contributed by atoms with van der Waals surface area (Å²) < 4.78 is 2.18. The number of benzene rings is 1. The Bertz CT molecular complexity index is 460. The van der Waals surface area contributed by atoms with Crippen molar-refractivity contribution in [2.75, 3.05) is 0 Å². The van der Waals surface area contributed by atoms with Crippen LogP contribution in [0.25, 0.3) is 0 Å². The summed E-state index contributed by atoms with van der Waals surface area (Å²) in [5.41, 5.74) is 2.80. The molecule has 0 aliphatic heterocycles. The van der Waals surface area contributed by atoms with E-state index >= 15 is 0 Å². The predicted molar refractivity (Wildman–Crippen MR) is 75.7 cm³/mol. The molecule has 96 valence electrons. The van der Waals surface area contributed by atoms with E-state index in [-0.39, 0.29) is 0 Å². The predicted octanol–water partition coefficient (Wildman–Crippen LogP) is 4.17. The summed E-state index contributed by atoms with van der Waals surface area (Å²) in [4.78, 5) is 4.13. The highest BCUT2D eigenvalue weighted by Crippen LogP contribution is 2.24. The van der Waals surface area contributed by atoms with E-state index in [1.807, 2.05) is 12.5 Å². The summed E-state index contributed by atoms with van der Waals surface area (Å²) in [5.74, 6) is 0.596. The van der Waals surface area contributed by atoms with E-state index in [1.165, 1.54) is 30.4 Å². The number of hydrogen-bond donors (Lipinski definition) is 0. The van der Waals surface area contributed by atoms with Crippen LogP contribution in [0.15, 0.2) is 43.0 Å². The molecule has 0 bridgehead atoms. The second kappa shape index (κ2) is 6.39. The van der Waals surface area contributed by atoms with E-state index in [9.17, 15) is 0 Å². The third-order valence-electron chi connectivity index (χ3n) is 3.41. The Labute approximate surface area is 110 Å². The van der Waals surface area contributed by atoms with Gasteiger partial charge in [-0.15, -0.1) is 0 Å². The smallest absolute Gasteiger partial charge is 0.0946 e. The van der Waals surface area contributed by atoms with Crippen LogP contribution >= 0.6 is 0 Å². The molecule has 0 radical (unpaired) electrons. The summed E-state index contributed by atoms with van der Waals surface area (Å²) >= 11 is 0. The first-order valence-electron chi connectivity index (χ1n) is 6.82. The van der Waals surface area contributed by atoms with Gasteiger partial charge in [0.2, 0.25) is 0 Å². The fourth-order valence-corrected chi connectivity index (χ4v) is 2.39. The van der Waals surface area contributed by atoms with E-state index in [4.69, 9.17) is 0 Å². The third kappa shape index (κ3) is 3.46. The Morgan fingerprint density at radius 1 is 1.33 bits per heavy atom. The van der Waals surface area contributed by atoms with Crippen molar-refractivity contribution in [2.24, 2.45) is 0 Å². The monoisotopic (exact) mass is 242 g/mol. The maximum atomic E-state index is 4.13. The Morgan fingerprint density at radius 2 is 2.22 bits per heavy atom. The number of nitrogens with zero attached hydrogens (tertiary/aromatic N) is 2. The van der Waals surface area contributed by atoms with Crippen molar-refractivity contribution in [3.05, 3.63) is 54.1 Å². The third-order valence-corrected chi connectivity index (χ3v) is 3.41. The Balaban J connectivity index is 2.13. The van der Waals surface area contributed by atoms with Gasteiger partial charge in [-0.05, 0) is 18.9 Å². The van der Waals surface area contributed by atoms with Gasteiger partial charge in [0.05, 0.1) is 6.33 Å². The van der Waals surface area contributed by atoms with Crippen LogP contribution < -0.4 is 0 Å². The zero-order valence-corrected chi connectivity index (χ0v) is 11.3. The highest BCUT2D eigenvalue weighted by atomic mass is 15.0. The normalized spacial score (nSPS) is 12.6. The first-order chi connectivity index (χ1) is 8.79. The number of rotatable bonds is 6. The lowest BCUT2D eigenvalue weighted by molar-refractivity contribution is 0.504. The van der Waals surface area contributed by atoms with Gasteiger partial charge in [0, 0.05) is 24.9 Å². The fraction of sp³-hybridized carbons (Fsp3) is 0.438. The largest absolute Gasteiger partial charge is 0.337 e. The van der Waals surface area contributed by atoms with Gasteiger partial charge in [0.1, 0.15) is 0 Å². The molecule has 18 heavy (non-hydrogen) atoms. The van der Waals surface area contributed by atoms with E-state index < -0.39 is 0 Å². The molecule has 0 saturated heterocycles. The average molecular weight is 242 g/mol. The molecule has 0 spiro atoms. The molecule has 2 heteroatoms. The number of aryl methyl sites for hydroxylation is 1. The van der Waals surface area contributed by atoms with Crippen LogP contribution in [0.5, 0.6) is 0 Å². The van der Waals surface area contributed by atoms with Crippen LogP contribution in [-0.2, 0) is 6.54 Å². The van der Waals surface area contributed by atoms with E-state index in [1.54, 1.807) is 0 Å². The molecule has 0 fully saturated rings. The van der Waals surface area contributed by atoms with Crippen molar-refractivity contribution in [1.29, 1.82) is 0 Å². The minimum absolute atomic E-state index is 0.596. The molecule has 1 unspecified atom stereocenters. The highest BCUT2D eigenvalue weighted by Gasteiger charge is 2.11. The standard InChI is InChI=1S/C16H22N2/c1-3-4-7-16(12-18-10-9-17-13-18)15-8-5-6-14(2)11-15/h5-6,8-11,13,16H,3-4,7,12H2,1-2H3. The highest BCUT2D eigenvalue weighted by molar-refractivity contribution is 5.25. The van der Waals surface area contributed by atoms with Crippen LogP contribution in [0.4, 0.5) is 0 Å². The maximum absolute atomic E-state index is 4.13. The summed E-state index contributed by atoms with van der Waals surface area (Å²) in [6, 6.07) is 8.90. The molecule has 2 rings (SSSR count). The molecule has 1 aromatic heterocycles. The molecule has 0 saturated carbocycles. The second-order valence-electron chi connectivity index (χ2n) is 5.01. The van der Waals surface area contributed by atoms with Gasteiger partial charge in [-0.1, -0.05) is 49.6 Å². The first-order valence-corrected chi connectivity index (χ1v) is 6.82. The second-order valence-corrected chi connectivity index (χ2v) is 5.01. The van der Waals surface area contributed by atoms with Crippen molar-refractivity contribution < 1.29 is 0 Å². The summed E-state index contributed by atoms with van der Waals surface area (Å²) in [7, 11) is 0. The molecule has 0 aliphatic rings. The topological polar surface area (TPSA) is 17.8 Å². The lowest BCUT2D eigenvalue weighted by atomic mass is 9.92. The van der Waals surface area contributed by atoms with E-state index in [0.29, 0.717) is 5.92 Å². The average Bonchev–Trinajstić information content (AvgIpc) is 2.87. The Morgan fingerprint density at radius 3 is 2.89 bits per heavy atom. The maximum Gasteiger partial charge on any atom is 0.0946 e. The first kappa shape index (κ1) is 12.9. The molecule has 1 atom stereocenters. The molecular formula is C16H22N2. The minimum Gasteiger partial charge on any atom is -0.337 e. The van der Waals surface area contributed by atoms with Crippen molar-refractivity contribution in [3.63, 3.8) is 0 Å². The Hall–Kier alpha value is -1.57. The van der Waals surface area contributed by atoms with Crippen LogP contribution in [-0.4, -0.2) is 9.55 Å². The van der Waals surface area contributed by atoms with Gasteiger partial charge < -0.3 is 4.57 Å². The number of aromatic nitrogens is 2. The van der Waals surface area contributed by atoms with Crippen LogP contribution in [0.3, 0.4) is 0 Å². The van der Waals surface area contributed by atoms with Gasteiger partial charge in [-0.3, -0.25) is 0 Å². The minimum atomic E-state index is 0.596. The summed E-state index contributed by atoms with van der Waals surface area (Å²) in [6.45, 7) is 5.45. The van der Waals surface area contributed by atoms with Crippen molar-refractivity contribution in [3.8, 4) is 0 Å². The van der Waals surface area contributed by atoms with Crippen molar-refractivity contribution >= 4 is 0 Å². The van der Waals surface area contributed by atoms with Crippen molar-refractivity contribution in [1.82, 2.24) is 9.55 Å².